The van der Waals surface area contributed by atoms with E-state index in [2.05, 4.69) is 0 Å². The van der Waals surface area contributed by atoms with E-state index >= 15 is 0 Å². The van der Waals surface area contributed by atoms with Crippen molar-refractivity contribution in [2.24, 2.45) is 0 Å². The van der Waals surface area contributed by atoms with E-state index in [0.717, 1.165) is 23.5 Å². The molecule has 1 aliphatic heterocycles. The molecule has 0 spiro atoms. The monoisotopic (exact) mass is 383 g/mol. The van der Waals surface area contributed by atoms with Gasteiger partial charge in [0.05, 0.1) is 9.82 Å². The third kappa shape index (κ3) is 3.58. The summed E-state index contributed by atoms with van der Waals surface area (Å²) in [7, 11) is 1.60. The maximum Gasteiger partial charge on any atom is 0.270 e. The minimum atomic E-state index is -3.96. The van der Waals surface area contributed by atoms with Gasteiger partial charge in [0.2, 0.25) is 0 Å². The summed E-state index contributed by atoms with van der Waals surface area (Å²) in [5, 5.41) is 11.0. The summed E-state index contributed by atoms with van der Waals surface area (Å²) in [5.74, 6) is 2.42. The van der Waals surface area contributed by atoms with E-state index in [1.807, 2.05) is 11.8 Å². The van der Waals surface area contributed by atoms with E-state index in [0.29, 0.717) is 17.0 Å². The van der Waals surface area contributed by atoms with E-state index in [-0.39, 0.29) is 10.6 Å². The van der Waals surface area contributed by atoms with Crippen LogP contribution in [0.3, 0.4) is 0 Å². The lowest BCUT2D eigenvalue weighted by Gasteiger charge is -2.14. The zero-order valence-corrected chi connectivity index (χ0v) is 14.9. The van der Waals surface area contributed by atoms with Crippen molar-refractivity contribution in [1.29, 1.82) is 0 Å². The maximum absolute atomic E-state index is 11.9. The van der Waals surface area contributed by atoms with Gasteiger partial charge in [-0.1, -0.05) is 18.2 Å². The molecule has 0 N–H and O–H groups in total. The minimum Gasteiger partial charge on any atom is -0.258 e. The van der Waals surface area contributed by atoms with Crippen molar-refractivity contribution in [3.63, 3.8) is 0 Å². The zero-order valence-electron chi connectivity index (χ0n) is 12.5. The fourth-order valence-corrected chi connectivity index (χ4v) is 5.16. The quantitative estimate of drug-likeness (QED) is 0.444. The first-order chi connectivity index (χ1) is 11.4. The van der Waals surface area contributed by atoms with Crippen molar-refractivity contribution in [3.05, 3.63) is 58.1 Å². The van der Waals surface area contributed by atoms with Gasteiger partial charge in [0.25, 0.3) is 14.7 Å². The van der Waals surface area contributed by atoms with Crippen molar-refractivity contribution in [1.82, 2.24) is 0 Å². The molecule has 1 unspecified atom stereocenters. The number of rotatable bonds is 4. The lowest BCUT2D eigenvalue weighted by molar-refractivity contribution is -0.384. The molecule has 2 aromatic rings. The van der Waals surface area contributed by atoms with Gasteiger partial charge in [0.15, 0.2) is 0 Å². The van der Waals surface area contributed by atoms with Crippen LogP contribution in [0.25, 0.3) is 11.1 Å². The number of halogens is 1. The van der Waals surface area contributed by atoms with Crippen LogP contribution in [0.1, 0.15) is 17.9 Å². The van der Waals surface area contributed by atoms with Crippen LogP contribution in [-0.4, -0.2) is 24.8 Å². The van der Waals surface area contributed by atoms with Gasteiger partial charge in [0, 0.05) is 34.1 Å². The van der Waals surface area contributed by atoms with E-state index in [1.54, 1.807) is 18.2 Å². The highest BCUT2D eigenvalue weighted by Gasteiger charge is 2.23. The standard InChI is InChI=1S/C16H14ClNO4S2/c17-24(21,22)16-5-4-11(13-6-7-23-10-13)9-15(16)12-2-1-3-14(8-12)18(19)20/h1-5,8-9,13H,6-7,10H2. The molecule has 5 nitrogen and oxygen atoms in total. The van der Waals surface area contributed by atoms with Gasteiger partial charge in [-0.15, -0.1) is 0 Å². The Bertz CT molecular complexity index is 893. The van der Waals surface area contributed by atoms with Gasteiger partial charge in [-0.25, -0.2) is 8.42 Å². The highest BCUT2D eigenvalue weighted by molar-refractivity contribution is 8.13. The summed E-state index contributed by atoms with van der Waals surface area (Å²) in [5.41, 5.74) is 1.82. The fraction of sp³-hybridized carbons (Fsp3) is 0.250. The number of nitro benzene ring substituents is 1. The molecule has 1 fully saturated rings. The van der Waals surface area contributed by atoms with Crippen LogP contribution in [0.5, 0.6) is 0 Å². The predicted molar refractivity (Wildman–Crippen MR) is 96.3 cm³/mol. The molecular formula is C16H14ClNO4S2. The summed E-state index contributed by atoms with van der Waals surface area (Å²) in [6.07, 6.45) is 1.03. The summed E-state index contributed by atoms with van der Waals surface area (Å²) in [4.78, 5) is 10.5. The molecule has 1 aliphatic rings. The Hall–Kier alpha value is -1.57. The van der Waals surface area contributed by atoms with E-state index in [4.69, 9.17) is 10.7 Å². The normalized spacial score (nSPS) is 17.8. The van der Waals surface area contributed by atoms with Gasteiger partial charge in [-0.05, 0) is 41.4 Å². The molecule has 0 bridgehead atoms. The first kappa shape index (κ1) is 17.3. The van der Waals surface area contributed by atoms with E-state index < -0.39 is 14.0 Å². The Morgan fingerprint density at radius 1 is 1.21 bits per heavy atom. The molecule has 8 heteroatoms. The molecule has 0 aliphatic carbocycles. The number of hydrogen-bond acceptors (Lipinski definition) is 5. The first-order valence-corrected chi connectivity index (χ1v) is 10.7. The fourth-order valence-electron chi connectivity index (χ4n) is 2.82. The molecule has 1 atom stereocenters. The van der Waals surface area contributed by atoms with Crippen molar-refractivity contribution in [2.75, 3.05) is 11.5 Å². The third-order valence-electron chi connectivity index (χ3n) is 4.04. The van der Waals surface area contributed by atoms with Gasteiger partial charge in [-0.3, -0.25) is 10.1 Å². The molecule has 3 rings (SSSR count). The third-order valence-corrected chi connectivity index (χ3v) is 6.58. The van der Waals surface area contributed by atoms with Crippen molar-refractivity contribution >= 4 is 37.2 Å². The van der Waals surface area contributed by atoms with Crippen molar-refractivity contribution in [3.8, 4) is 11.1 Å². The van der Waals surface area contributed by atoms with Gasteiger partial charge in [-0.2, -0.15) is 11.8 Å². The molecule has 24 heavy (non-hydrogen) atoms. The summed E-state index contributed by atoms with van der Waals surface area (Å²) >= 11 is 1.86. The Morgan fingerprint density at radius 2 is 2.00 bits per heavy atom. The summed E-state index contributed by atoms with van der Waals surface area (Å²) in [6.45, 7) is 0. The lowest BCUT2D eigenvalue weighted by atomic mass is 9.94. The van der Waals surface area contributed by atoms with Crippen LogP contribution in [0.15, 0.2) is 47.4 Å². The number of benzene rings is 2. The average Bonchev–Trinajstić information content (AvgIpc) is 3.08. The largest absolute Gasteiger partial charge is 0.270 e. The van der Waals surface area contributed by atoms with Crippen LogP contribution in [0.4, 0.5) is 5.69 Å². The smallest absolute Gasteiger partial charge is 0.258 e. The van der Waals surface area contributed by atoms with E-state index in [9.17, 15) is 18.5 Å². The highest BCUT2D eigenvalue weighted by Crippen LogP contribution is 2.38. The molecule has 126 valence electrons. The Balaban J connectivity index is 2.17. The Kier molecular flexibility index (Phi) is 4.85. The molecule has 0 aromatic heterocycles. The molecular weight excluding hydrogens is 370 g/mol. The molecule has 0 saturated carbocycles. The Labute approximate surface area is 148 Å². The number of thioether (sulfide) groups is 1. The van der Waals surface area contributed by atoms with E-state index in [1.165, 1.54) is 24.3 Å². The second-order valence-corrected chi connectivity index (χ2v) is 9.25. The molecule has 1 saturated heterocycles. The average molecular weight is 384 g/mol. The predicted octanol–water partition coefficient (Wildman–Crippen LogP) is 4.41. The van der Waals surface area contributed by atoms with Crippen LogP contribution in [0.2, 0.25) is 0 Å². The number of non-ortho nitro benzene ring substituents is 1. The lowest BCUT2D eigenvalue weighted by Crippen LogP contribution is -2.01. The van der Waals surface area contributed by atoms with Crippen LogP contribution in [0, 0.1) is 10.1 Å². The topological polar surface area (TPSA) is 77.3 Å². The first-order valence-electron chi connectivity index (χ1n) is 7.27. The number of nitrogens with zero attached hydrogens (tertiary/aromatic N) is 1. The van der Waals surface area contributed by atoms with Crippen LogP contribution < -0.4 is 0 Å². The molecule has 1 heterocycles. The van der Waals surface area contributed by atoms with Gasteiger partial charge in [0.1, 0.15) is 0 Å². The highest BCUT2D eigenvalue weighted by atomic mass is 35.7. The Morgan fingerprint density at radius 3 is 2.62 bits per heavy atom. The van der Waals surface area contributed by atoms with Gasteiger partial charge >= 0.3 is 0 Å². The van der Waals surface area contributed by atoms with Crippen molar-refractivity contribution < 1.29 is 13.3 Å². The van der Waals surface area contributed by atoms with Crippen LogP contribution in [-0.2, 0) is 9.05 Å². The number of hydrogen-bond donors (Lipinski definition) is 0. The van der Waals surface area contributed by atoms with Crippen LogP contribution >= 0.6 is 22.4 Å². The molecule has 0 radical (unpaired) electrons. The summed E-state index contributed by atoms with van der Waals surface area (Å²) < 4.78 is 23.8. The van der Waals surface area contributed by atoms with Crippen molar-refractivity contribution in [2.45, 2.75) is 17.2 Å². The number of nitro groups is 1. The minimum absolute atomic E-state index is 0.0286. The molecule has 0 amide bonds. The second kappa shape index (κ2) is 6.74. The van der Waals surface area contributed by atoms with Gasteiger partial charge < -0.3 is 0 Å². The zero-order chi connectivity index (χ0) is 17.3. The SMILES string of the molecule is O=[N+]([O-])c1cccc(-c2cc(C3CCSC3)ccc2S(=O)(=O)Cl)c1. The summed E-state index contributed by atoms with van der Waals surface area (Å²) in [6, 6.07) is 11.0. The maximum atomic E-state index is 11.9. The second-order valence-electron chi connectivity index (χ2n) is 5.56. The molecule has 2 aromatic carbocycles.